The molecule has 2 aromatic rings. The van der Waals surface area contributed by atoms with Crippen molar-refractivity contribution in [1.29, 1.82) is 0 Å². The van der Waals surface area contributed by atoms with Crippen LogP contribution in [0.1, 0.15) is 18.4 Å². The third-order valence-corrected chi connectivity index (χ3v) is 4.46. The van der Waals surface area contributed by atoms with Crippen molar-refractivity contribution in [3.8, 4) is 0 Å². The molecule has 4 heteroatoms. The van der Waals surface area contributed by atoms with Gasteiger partial charge >= 0.3 is 0 Å². The van der Waals surface area contributed by atoms with E-state index in [0.29, 0.717) is 0 Å². The molecule has 1 fully saturated rings. The zero-order valence-electron chi connectivity index (χ0n) is 14.7. The Bertz CT molecular complexity index is 694. The van der Waals surface area contributed by atoms with Crippen LogP contribution in [0.2, 0.25) is 0 Å². The summed E-state index contributed by atoms with van der Waals surface area (Å²) in [5, 5.41) is 5.98. The van der Waals surface area contributed by atoms with Crippen molar-refractivity contribution in [2.75, 3.05) is 33.9 Å². The second-order valence-electron chi connectivity index (χ2n) is 6.52. The number of ether oxygens (including phenoxy) is 1. The summed E-state index contributed by atoms with van der Waals surface area (Å²) in [4.78, 5) is 6.49. The Labute approximate surface area is 144 Å². The second kappa shape index (κ2) is 8.15. The Morgan fingerprint density at radius 3 is 2.75 bits per heavy atom. The van der Waals surface area contributed by atoms with Crippen molar-refractivity contribution in [2.24, 2.45) is 10.9 Å². The molecule has 0 saturated heterocycles. The lowest BCUT2D eigenvalue weighted by Gasteiger charge is -2.22. The summed E-state index contributed by atoms with van der Waals surface area (Å²) >= 11 is 0. The van der Waals surface area contributed by atoms with Crippen LogP contribution in [0, 0.1) is 5.92 Å². The van der Waals surface area contributed by atoms with Gasteiger partial charge in [0.1, 0.15) is 0 Å². The molecule has 0 radical (unpaired) electrons. The fourth-order valence-corrected chi connectivity index (χ4v) is 2.76. The number of nitrogens with zero attached hydrogens (tertiary/aromatic N) is 2. The molecule has 0 spiro atoms. The molecule has 0 aliphatic heterocycles. The molecular weight excluding hydrogens is 298 g/mol. The van der Waals surface area contributed by atoms with E-state index in [1.54, 1.807) is 0 Å². The minimum atomic E-state index is 0.754. The monoisotopic (exact) mass is 325 g/mol. The number of fused-ring (bicyclic) bond motifs is 1. The third kappa shape index (κ3) is 4.71. The smallest absolute Gasteiger partial charge is 0.193 e. The Kier molecular flexibility index (Phi) is 5.70. The first-order valence-corrected chi connectivity index (χ1v) is 8.73. The zero-order chi connectivity index (χ0) is 16.8. The van der Waals surface area contributed by atoms with Crippen LogP contribution in [0.4, 0.5) is 0 Å². The van der Waals surface area contributed by atoms with E-state index >= 15 is 0 Å². The van der Waals surface area contributed by atoms with Gasteiger partial charge in [-0.3, -0.25) is 4.99 Å². The van der Waals surface area contributed by atoms with E-state index in [0.717, 1.165) is 38.2 Å². The molecule has 0 aromatic heterocycles. The first-order valence-electron chi connectivity index (χ1n) is 8.73. The van der Waals surface area contributed by atoms with Gasteiger partial charge in [0.25, 0.3) is 0 Å². The van der Waals surface area contributed by atoms with Crippen LogP contribution in [0.5, 0.6) is 0 Å². The van der Waals surface area contributed by atoms with Gasteiger partial charge in [-0.15, -0.1) is 0 Å². The molecule has 0 heterocycles. The molecule has 3 rings (SSSR count). The lowest BCUT2D eigenvalue weighted by molar-refractivity contribution is 0.115. The zero-order valence-corrected chi connectivity index (χ0v) is 14.7. The van der Waals surface area contributed by atoms with Crippen LogP contribution in [0.3, 0.4) is 0 Å². The van der Waals surface area contributed by atoms with Gasteiger partial charge in [0.05, 0.1) is 6.61 Å². The van der Waals surface area contributed by atoms with Crippen LogP contribution in [-0.4, -0.2) is 44.7 Å². The summed E-state index contributed by atoms with van der Waals surface area (Å²) in [6, 6.07) is 15.0. The van der Waals surface area contributed by atoms with E-state index in [9.17, 15) is 0 Å². The Hall–Kier alpha value is -2.07. The van der Waals surface area contributed by atoms with Gasteiger partial charge in [-0.25, -0.2) is 0 Å². The fraction of sp³-hybridized carbons (Fsp3) is 0.450. The Morgan fingerprint density at radius 1 is 1.21 bits per heavy atom. The number of benzene rings is 2. The highest BCUT2D eigenvalue weighted by atomic mass is 16.5. The van der Waals surface area contributed by atoms with E-state index in [4.69, 9.17) is 4.74 Å². The minimum Gasteiger partial charge on any atom is -0.379 e. The molecule has 4 nitrogen and oxygen atoms in total. The third-order valence-electron chi connectivity index (χ3n) is 4.46. The van der Waals surface area contributed by atoms with Gasteiger partial charge in [0.2, 0.25) is 0 Å². The summed E-state index contributed by atoms with van der Waals surface area (Å²) in [6.45, 7) is 3.29. The van der Waals surface area contributed by atoms with Crippen LogP contribution in [-0.2, 0) is 11.3 Å². The van der Waals surface area contributed by atoms with Crippen LogP contribution < -0.4 is 5.32 Å². The number of rotatable bonds is 7. The highest BCUT2D eigenvalue weighted by Gasteiger charge is 2.21. The molecular formula is C20H27N3O. The van der Waals surface area contributed by atoms with Crippen molar-refractivity contribution in [1.82, 2.24) is 10.2 Å². The first-order chi connectivity index (χ1) is 11.8. The normalized spacial score (nSPS) is 14.8. The Balaban J connectivity index is 1.48. The molecule has 24 heavy (non-hydrogen) atoms. The molecule has 0 amide bonds. The summed E-state index contributed by atoms with van der Waals surface area (Å²) in [5.74, 6) is 1.72. The maximum Gasteiger partial charge on any atom is 0.193 e. The molecule has 0 bridgehead atoms. The quantitative estimate of drug-likeness (QED) is 0.482. The molecule has 1 aliphatic carbocycles. The minimum absolute atomic E-state index is 0.754. The summed E-state index contributed by atoms with van der Waals surface area (Å²) < 4.78 is 5.71. The maximum atomic E-state index is 5.71. The van der Waals surface area contributed by atoms with E-state index < -0.39 is 0 Å². The molecule has 0 atom stereocenters. The van der Waals surface area contributed by atoms with Gasteiger partial charge in [-0.1, -0.05) is 36.4 Å². The van der Waals surface area contributed by atoms with Crippen LogP contribution >= 0.6 is 0 Å². The molecule has 0 unspecified atom stereocenters. The number of guanidine groups is 1. The highest BCUT2D eigenvalue weighted by Crippen LogP contribution is 2.28. The predicted molar refractivity (Wildman–Crippen MR) is 100 cm³/mol. The molecule has 2 aromatic carbocycles. The number of nitrogens with one attached hydrogen (secondary N) is 1. The van der Waals surface area contributed by atoms with Crippen LogP contribution in [0.15, 0.2) is 47.5 Å². The van der Waals surface area contributed by atoms with E-state index in [1.807, 2.05) is 7.05 Å². The summed E-state index contributed by atoms with van der Waals surface area (Å²) in [5.41, 5.74) is 1.26. The lowest BCUT2D eigenvalue weighted by atomic mass is 10.1. The first kappa shape index (κ1) is 16.8. The largest absolute Gasteiger partial charge is 0.379 e. The number of hydrogen-bond acceptors (Lipinski definition) is 2. The topological polar surface area (TPSA) is 36.9 Å². The number of aliphatic imine (C=N–C) groups is 1. The molecule has 1 N–H and O–H groups in total. The van der Waals surface area contributed by atoms with Gasteiger partial charge in [0.15, 0.2) is 5.96 Å². The van der Waals surface area contributed by atoms with Crippen molar-refractivity contribution in [3.05, 3.63) is 48.0 Å². The maximum absolute atomic E-state index is 5.71. The summed E-state index contributed by atoms with van der Waals surface area (Å²) in [7, 11) is 3.88. The van der Waals surface area contributed by atoms with Crippen LogP contribution in [0.25, 0.3) is 10.8 Å². The van der Waals surface area contributed by atoms with Gasteiger partial charge in [-0.2, -0.15) is 0 Å². The van der Waals surface area contributed by atoms with Gasteiger partial charge < -0.3 is 15.0 Å². The molecule has 1 aliphatic rings. The Morgan fingerprint density at radius 2 is 2.00 bits per heavy atom. The van der Waals surface area contributed by atoms with E-state index in [1.165, 1.54) is 29.2 Å². The van der Waals surface area contributed by atoms with Crippen molar-refractivity contribution < 1.29 is 4.74 Å². The number of hydrogen-bond donors (Lipinski definition) is 1. The van der Waals surface area contributed by atoms with Crippen molar-refractivity contribution in [2.45, 2.75) is 19.4 Å². The standard InChI is InChI=1S/C20H27N3O/c1-21-20(23(2)11-12-24-15-16-7-8-16)22-14-17-9-10-18-5-3-4-6-19(18)13-17/h3-6,9-10,13,16H,7-8,11-12,14-15H2,1-2H3,(H,21,22). The fourth-order valence-electron chi connectivity index (χ4n) is 2.76. The lowest BCUT2D eigenvalue weighted by Crippen LogP contribution is -2.40. The molecule has 128 valence electrons. The second-order valence-corrected chi connectivity index (χ2v) is 6.52. The van der Waals surface area contributed by atoms with E-state index in [-0.39, 0.29) is 0 Å². The molecule has 1 saturated carbocycles. The van der Waals surface area contributed by atoms with Crippen molar-refractivity contribution in [3.63, 3.8) is 0 Å². The predicted octanol–water partition coefficient (Wildman–Crippen LogP) is 3.27. The highest BCUT2D eigenvalue weighted by molar-refractivity contribution is 5.83. The van der Waals surface area contributed by atoms with Gasteiger partial charge in [-0.05, 0) is 41.2 Å². The van der Waals surface area contributed by atoms with Gasteiger partial charge in [0, 0.05) is 33.8 Å². The average Bonchev–Trinajstić information content (AvgIpc) is 3.43. The number of likely N-dealkylation sites (N-methyl/N-ethyl adjacent to an activating group) is 1. The average molecular weight is 325 g/mol. The SMILES string of the molecule is CN=C(NCc1ccc2ccccc2c1)N(C)CCOCC1CC1. The van der Waals surface area contributed by atoms with E-state index in [2.05, 4.69) is 64.7 Å². The van der Waals surface area contributed by atoms with Crippen molar-refractivity contribution >= 4 is 16.7 Å². The summed E-state index contributed by atoms with van der Waals surface area (Å²) in [6.07, 6.45) is 2.68.